The van der Waals surface area contributed by atoms with E-state index in [1.54, 1.807) is 18.3 Å². The van der Waals surface area contributed by atoms with Crippen LogP contribution in [0.1, 0.15) is 29.6 Å². The molecule has 0 spiro atoms. The summed E-state index contributed by atoms with van der Waals surface area (Å²) in [5, 5.41) is 22.4. The lowest BCUT2D eigenvalue weighted by Crippen LogP contribution is -2.26. The summed E-state index contributed by atoms with van der Waals surface area (Å²) >= 11 is 4.79. The van der Waals surface area contributed by atoms with Gasteiger partial charge < -0.3 is 25.4 Å². The quantitative estimate of drug-likeness (QED) is 0.324. The van der Waals surface area contributed by atoms with Gasteiger partial charge in [-0.2, -0.15) is 5.10 Å². The molecular formula is C24H23ClF2N6O4. The summed E-state index contributed by atoms with van der Waals surface area (Å²) in [5.41, 5.74) is -2.31. The van der Waals surface area contributed by atoms with Crippen LogP contribution >= 0.6 is 11.6 Å². The van der Waals surface area contributed by atoms with Crippen LogP contribution in [0, 0.1) is 5.92 Å². The summed E-state index contributed by atoms with van der Waals surface area (Å²) in [7, 11) is 0. The molecule has 1 saturated heterocycles. The van der Waals surface area contributed by atoms with Crippen molar-refractivity contribution in [2.75, 3.05) is 28.6 Å². The number of carbonyl (C=O) groups excluding carboxylic acids is 2. The summed E-state index contributed by atoms with van der Waals surface area (Å²) < 4.78 is 30.0. The Morgan fingerprint density at radius 1 is 1.16 bits per heavy atom. The fourth-order valence-electron chi connectivity index (χ4n) is 4.05. The van der Waals surface area contributed by atoms with Crippen molar-refractivity contribution in [3.63, 3.8) is 0 Å². The molecule has 1 saturated carbocycles. The Kier molecular flexibility index (Phi) is 6.69. The van der Waals surface area contributed by atoms with Crippen LogP contribution in [0.4, 0.5) is 26.1 Å². The Bertz CT molecular complexity index is 1300. The Morgan fingerprint density at radius 2 is 1.92 bits per heavy atom. The summed E-state index contributed by atoms with van der Waals surface area (Å²) in [6, 6.07) is 8.55. The predicted molar refractivity (Wildman–Crippen MR) is 132 cm³/mol. The van der Waals surface area contributed by atoms with Gasteiger partial charge in [-0.3, -0.25) is 14.7 Å². The number of β-amino-alcohol motifs (C(OH)–C–C–N with tert-alkyl or cyclic N) is 1. The Balaban J connectivity index is 1.49. The molecule has 1 aliphatic carbocycles. The molecule has 0 unspecified atom stereocenters. The van der Waals surface area contributed by atoms with E-state index in [0.29, 0.717) is 42.3 Å². The van der Waals surface area contributed by atoms with Gasteiger partial charge >= 0.3 is 5.57 Å². The molecule has 3 heterocycles. The summed E-state index contributed by atoms with van der Waals surface area (Å²) in [6.45, 7) is 0.901. The van der Waals surface area contributed by atoms with Crippen molar-refractivity contribution in [3.8, 4) is 17.0 Å². The topological polar surface area (TPSA) is 132 Å². The molecule has 1 aromatic carbocycles. The highest BCUT2D eigenvalue weighted by atomic mass is 35.5. The predicted octanol–water partition coefficient (Wildman–Crippen LogP) is 3.81. The maximum absolute atomic E-state index is 13.4. The van der Waals surface area contributed by atoms with Gasteiger partial charge in [-0.25, -0.2) is 4.98 Å². The second kappa shape index (κ2) is 9.94. The van der Waals surface area contributed by atoms with Gasteiger partial charge in [0.25, 0.3) is 5.91 Å². The number of H-pyrrole nitrogens is 1. The van der Waals surface area contributed by atoms with E-state index in [0.717, 1.165) is 12.8 Å². The molecule has 4 N–H and O–H groups in total. The molecule has 37 heavy (non-hydrogen) atoms. The fraction of sp³-hybridized carbons (Fsp3) is 0.333. The minimum atomic E-state index is -3.86. The van der Waals surface area contributed by atoms with Crippen LogP contribution in [-0.2, 0) is 4.79 Å². The van der Waals surface area contributed by atoms with Crippen LogP contribution in [0.3, 0.4) is 0 Å². The zero-order valence-electron chi connectivity index (χ0n) is 19.4. The monoisotopic (exact) mass is 532 g/mol. The van der Waals surface area contributed by atoms with Gasteiger partial charge in [0.1, 0.15) is 17.4 Å². The maximum atomic E-state index is 13.4. The number of pyridine rings is 1. The Labute approximate surface area is 215 Å². The number of aromatic nitrogens is 3. The number of carbonyl (C=O) groups is 2. The first kappa shape index (κ1) is 24.9. The number of anilines is 3. The second-order valence-electron chi connectivity index (χ2n) is 8.90. The third-order valence-corrected chi connectivity index (χ3v) is 6.11. The third-order valence-electron chi connectivity index (χ3n) is 6.04. The molecule has 0 bridgehead atoms. The normalized spacial score (nSPS) is 17.5. The Hall–Kier alpha value is -3.77. The van der Waals surface area contributed by atoms with Gasteiger partial charge in [-0.15, -0.1) is 8.78 Å². The fourth-order valence-corrected chi connectivity index (χ4v) is 4.14. The lowest BCUT2D eigenvalue weighted by molar-refractivity contribution is -0.117. The number of benzene rings is 1. The number of amides is 2. The number of nitrogens with zero attached hydrogens (tertiary/aromatic N) is 3. The zero-order chi connectivity index (χ0) is 26.2. The maximum Gasteiger partial charge on any atom is 0.487 e. The smallest absolute Gasteiger partial charge is 0.420 e. The second-order valence-corrected chi connectivity index (χ2v) is 9.34. The molecule has 13 heteroatoms. The molecule has 194 valence electrons. The van der Waals surface area contributed by atoms with Crippen LogP contribution in [0.5, 0.6) is 5.75 Å². The minimum Gasteiger partial charge on any atom is -0.420 e. The van der Waals surface area contributed by atoms with E-state index in [4.69, 9.17) is 11.6 Å². The molecular weight excluding hydrogens is 510 g/mol. The van der Waals surface area contributed by atoms with Gasteiger partial charge in [0, 0.05) is 48.1 Å². The van der Waals surface area contributed by atoms with E-state index in [2.05, 4.69) is 30.6 Å². The SMILES string of the molecule is O=C(Nc1ccc(OC(F)(F)Cl)cc1)c1cc(-c2ccn[nH]2)c(N2CC[C@@H](O)C2)nc1NC(=O)C1CC1. The molecule has 1 atom stereocenters. The van der Waals surface area contributed by atoms with Gasteiger partial charge in [0.15, 0.2) is 0 Å². The van der Waals surface area contributed by atoms with Crippen LogP contribution in [-0.4, -0.2) is 56.9 Å². The number of hydrogen-bond donors (Lipinski definition) is 4. The minimum absolute atomic E-state index is 0.0794. The van der Waals surface area contributed by atoms with Crippen molar-refractivity contribution in [1.29, 1.82) is 0 Å². The number of halogens is 3. The lowest BCUT2D eigenvalue weighted by Gasteiger charge is -2.22. The van der Waals surface area contributed by atoms with Crippen molar-refractivity contribution >= 4 is 40.7 Å². The van der Waals surface area contributed by atoms with Crippen molar-refractivity contribution in [3.05, 3.63) is 48.2 Å². The molecule has 2 fully saturated rings. The van der Waals surface area contributed by atoms with Gasteiger partial charge in [0.05, 0.1) is 17.4 Å². The molecule has 3 aromatic rings. The number of alkyl halides is 3. The number of aliphatic hydroxyl groups excluding tert-OH is 1. The van der Waals surface area contributed by atoms with Crippen LogP contribution in [0.15, 0.2) is 42.6 Å². The first-order valence-electron chi connectivity index (χ1n) is 11.6. The number of nitrogens with one attached hydrogen (secondary N) is 3. The third kappa shape index (κ3) is 5.97. The van der Waals surface area contributed by atoms with E-state index in [9.17, 15) is 23.5 Å². The summed E-state index contributed by atoms with van der Waals surface area (Å²) in [5.74, 6) is -0.552. The van der Waals surface area contributed by atoms with Gasteiger partial charge in [-0.1, -0.05) is 0 Å². The number of aliphatic hydroxyl groups is 1. The summed E-state index contributed by atoms with van der Waals surface area (Å²) in [4.78, 5) is 32.5. The standard InChI is InChI=1S/C24H23ClF2N6O4/c25-24(26,27)37-16-5-3-14(4-6-16)29-23(36)18-11-17(19-7-9-28-32-19)21(33-10-8-15(34)12-33)30-20(18)31-22(35)13-1-2-13/h3-7,9,11,13,15,34H,1-2,8,10,12H2,(H,28,32)(H,29,36)(H,30,31,35)/t15-/m1/s1. The average molecular weight is 533 g/mol. The van der Waals surface area contributed by atoms with Gasteiger partial charge in [-0.05, 0) is 55.7 Å². The average Bonchev–Trinajstić information content (AvgIpc) is 3.38. The Morgan fingerprint density at radius 3 is 2.51 bits per heavy atom. The van der Waals surface area contributed by atoms with E-state index < -0.39 is 17.6 Å². The van der Waals surface area contributed by atoms with Crippen molar-refractivity contribution < 1.29 is 28.2 Å². The number of ether oxygens (including phenoxy) is 1. The highest BCUT2D eigenvalue weighted by Crippen LogP contribution is 2.36. The van der Waals surface area contributed by atoms with Crippen molar-refractivity contribution in [1.82, 2.24) is 15.2 Å². The zero-order valence-corrected chi connectivity index (χ0v) is 20.1. The van der Waals surface area contributed by atoms with Crippen molar-refractivity contribution in [2.24, 2.45) is 5.92 Å². The number of rotatable bonds is 8. The van der Waals surface area contributed by atoms with Crippen molar-refractivity contribution in [2.45, 2.75) is 30.9 Å². The van der Waals surface area contributed by atoms with E-state index in [1.165, 1.54) is 24.3 Å². The molecule has 2 amide bonds. The van der Waals surface area contributed by atoms with Crippen LogP contribution < -0.4 is 20.3 Å². The molecule has 1 aliphatic heterocycles. The number of aromatic amines is 1. The molecule has 2 aliphatic rings. The van der Waals surface area contributed by atoms with E-state index >= 15 is 0 Å². The number of hydrogen-bond acceptors (Lipinski definition) is 7. The van der Waals surface area contributed by atoms with Gasteiger partial charge in [0.2, 0.25) is 5.91 Å². The summed E-state index contributed by atoms with van der Waals surface area (Å²) in [6.07, 6.45) is 3.13. The molecule has 5 rings (SSSR count). The van der Waals surface area contributed by atoms with Crippen LogP contribution in [0.2, 0.25) is 0 Å². The molecule has 0 radical (unpaired) electrons. The highest BCUT2D eigenvalue weighted by molar-refractivity contribution is 6.20. The van der Waals surface area contributed by atoms with E-state index in [-0.39, 0.29) is 29.0 Å². The molecule has 10 nitrogen and oxygen atoms in total. The first-order chi connectivity index (χ1) is 17.7. The first-order valence-corrected chi connectivity index (χ1v) is 12.0. The van der Waals surface area contributed by atoms with E-state index in [1.807, 2.05) is 4.90 Å². The van der Waals surface area contributed by atoms with Crippen LogP contribution in [0.25, 0.3) is 11.3 Å². The lowest BCUT2D eigenvalue weighted by atomic mass is 10.1. The molecule has 2 aromatic heterocycles. The highest BCUT2D eigenvalue weighted by Gasteiger charge is 2.33. The largest absolute Gasteiger partial charge is 0.487 e.